The SMILES string of the molecule is CCC(C)(OC)C(=O)Nc1cc(F)c(Br)cc1C. The molecular formula is C13H17BrFNO2. The van der Waals surface area contributed by atoms with Crippen LogP contribution >= 0.6 is 15.9 Å². The molecule has 1 rings (SSSR count). The van der Waals surface area contributed by atoms with Crippen LogP contribution in [-0.4, -0.2) is 18.6 Å². The summed E-state index contributed by atoms with van der Waals surface area (Å²) in [7, 11) is 1.48. The Kier molecular flexibility index (Phi) is 4.87. The molecule has 3 nitrogen and oxygen atoms in total. The predicted molar refractivity (Wildman–Crippen MR) is 73.2 cm³/mol. The number of hydrogen-bond acceptors (Lipinski definition) is 2. The standard InChI is InChI=1S/C13H17BrFNO2/c1-5-13(3,18-4)12(17)16-11-7-10(15)9(14)6-8(11)2/h6-7H,5H2,1-4H3,(H,16,17). The maximum atomic E-state index is 13.4. The number of rotatable bonds is 4. The summed E-state index contributed by atoms with van der Waals surface area (Å²) >= 11 is 3.10. The summed E-state index contributed by atoms with van der Waals surface area (Å²) in [6.45, 7) is 5.36. The van der Waals surface area contributed by atoms with E-state index in [0.717, 1.165) is 5.56 Å². The van der Waals surface area contributed by atoms with Crippen LogP contribution < -0.4 is 5.32 Å². The number of hydrogen-bond donors (Lipinski definition) is 1. The van der Waals surface area contributed by atoms with E-state index in [2.05, 4.69) is 21.2 Å². The van der Waals surface area contributed by atoms with Crippen LogP contribution in [0.2, 0.25) is 0 Å². The lowest BCUT2D eigenvalue weighted by Gasteiger charge is -2.25. The maximum Gasteiger partial charge on any atom is 0.256 e. The van der Waals surface area contributed by atoms with E-state index in [1.165, 1.54) is 13.2 Å². The Morgan fingerprint density at radius 2 is 2.17 bits per heavy atom. The molecule has 1 unspecified atom stereocenters. The summed E-state index contributed by atoms with van der Waals surface area (Å²) < 4.78 is 19.0. The summed E-state index contributed by atoms with van der Waals surface area (Å²) in [5.74, 6) is -0.691. The predicted octanol–water partition coefficient (Wildman–Crippen LogP) is 3.65. The number of halogens is 2. The molecule has 1 aromatic carbocycles. The highest BCUT2D eigenvalue weighted by molar-refractivity contribution is 9.10. The molecule has 0 heterocycles. The van der Waals surface area contributed by atoms with Gasteiger partial charge in [-0.05, 0) is 53.9 Å². The van der Waals surface area contributed by atoms with E-state index in [-0.39, 0.29) is 5.91 Å². The summed E-state index contributed by atoms with van der Waals surface area (Å²) in [4.78, 5) is 12.1. The molecular weight excluding hydrogens is 301 g/mol. The van der Waals surface area contributed by atoms with E-state index in [9.17, 15) is 9.18 Å². The van der Waals surface area contributed by atoms with Crippen LogP contribution in [0.4, 0.5) is 10.1 Å². The van der Waals surface area contributed by atoms with E-state index in [0.29, 0.717) is 16.6 Å². The average molecular weight is 318 g/mol. The number of ether oxygens (including phenoxy) is 1. The van der Waals surface area contributed by atoms with Gasteiger partial charge in [0.1, 0.15) is 11.4 Å². The first-order valence-electron chi connectivity index (χ1n) is 5.66. The zero-order valence-corrected chi connectivity index (χ0v) is 12.5. The highest BCUT2D eigenvalue weighted by atomic mass is 79.9. The second kappa shape index (κ2) is 5.80. The molecule has 0 aliphatic heterocycles. The first-order chi connectivity index (χ1) is 8.34. The molecule has 18 heavy (non-hydrogen) atoms. The lowest BCUT2D eigenvalue weighted by molar-refractivity contribution is -0.136. The van der Waals surface area contributed by atoms with Crippen molar-refractivity contribution in [1.29, 1.82) is 0 Å². The molecule has 0 aromatic heterocycles. The highest BCUT2D eigenvalue weighted by Gasteiger charge is 2.31. The average Bonchev–Trinajstić information content (AvgIpc) is 2.34. The third-order valence-electron chi connectivity index (χ3n) is 3.12. The smallest absolute Gasteiger partial charge is 0.256 e. The summed E-state index contributed by atoms with van der Waals surface area (Å²) in [5, 5.41) is 2.70. The van der Waals surface area contributed by atoms with E-state index < -0.39 is 11.4 Å². The van der Waals surface area contributed by atoms with Crippen LogP contribution in [0.5, 0.6) is 0 Å². The van der Waals surface area contributed by atoms with Crippen molar-refractivity contribution in [1.82, 2.24) is 0 Å². The Labute approximate surface area is 115 Å². The van der Waals surface area contributed by atoms with Crippen molar-refractivity contribution in [3.05, 3.63) is 28.0 Å². The largest absolute Gasteiger partial charge is 0.369 e. The third-order valence-corrected chi connectivity index (χ3v) is 3.73. The van der Waals surface area contributed by atoms with Gasteiger partial charge in [0.2, 0.25) is 0 Å². The normalized spacial score (nSPS) is 14.1. The third kappa shape index (κ3) is 3.09. The molecule has 0 saturated heterocycles. The number of carbonyl (C=O) groups excluding carboxylic acids is 1. The fraction of sp³-hybridized carbons (Fsp3) is 0.462. The molecule has 1 atom stereocenters. The van der Waals surface area contributed by atoms with E-state index in [1.54, 1.807) is 19.9 Å². The number of benzene rings is 1. The molecule has 100 valence electrons. The Bertz CT molecular complexity index is 459. The van der Waals surface area contributed by atoms with Gasteiger partial charge >= 0.3 is 0 Å². The minimum absolute atomic E-state index is 0.280. The Morgan fingerprint density at radius 3 is 2.67 bits per heavy atom. The molecule has 5 heteroatoms. The minimum Gasteiger partial charge on any atom is -0.369 e. The molecule has 1 N–H and O–H groups in total. The highest BCUT2D eigenvalue weighted by Crippen LogP contribution is 2.25. The number of nitrogens with one attached hydrogen (secondary N) is 1. The van der Waals surface area contributed by atoms with Crippen molar-refractivity contribution < 1.29 is 13.9 Å². The van der Waals surface area contributed by atoms with Crippen LogP contribution in [-0.2, 0) is 9.53 Å². The fourth-order valence-electron chi connectivity index (χ4n) is 1.43. The maximum absolute atomic E-state index is 13.4. The second-order valence-electron chi connectivity index (χ2n) is 4.32. The molecule has 0 saturated carbocycles. The van der Waals surface area contributed by atoms with Crippen molar-refractivity contribution in [2.75, 3.05) is 12.4 Å². The van der Waals surface area contributed by atoms with Crippen LogP contribution in [0.15, 0.2) is 16.6 Å². The summed E-state index contributed by atoms with van der Waals surface area (Å²) in [6.07, 6.45) is 0.535. The van der Waals surface area contributed by atoms with Gasteiger partial charge in [-0.3, -0.25) is 4.79 Å². The van der Waals surface area contributed by atoms with Gasteiger partial charge in [-0.25, -0.2) is 4.39 Å². The molecule has 1 aromatic rings. The summed E-state index contributed by atoms with van der Waals surface area (Å²) in [5.41, 5.74) is 0.333. The molecule has 0 bridgehead atoms. The number of anilines is 1. The molecule has 0 radical (unpaired) electrons. The van der Waals surface area contributed by atoms with Gasteiger partial charge in [-0.15, -0.1) is 0 Å². The number of amides is 1. The first kappa shape index (κ1) is 15.1. The van der Waals surface area contributed by atoms with Crippen molar-refractivity contribution in [3.63, 3.8) is 0 Å². The second-order valence-corrected chi connectivity index (χ2v) is 5.18. The first-order valence-corrected chi connectivity index (χ1v) is 6.45. The topological polar surface area (TPSA) is 38.3 Å². The lowest BCUT2D eigenvalue weighted by Crippen LogP contribution is -2.41. The van der Waals surface area contributed by atoms with Gasteiger partial charge in [0.25, 0.3) is 5.91 Å². The van der Waals surface area contributed by atoms with Crippen LogP contribution in [0.25, 0.3) is 0 Å². The van der Waals surface area contributed by atoms with Crippen molar-refractivity contribution in [3.8, 4) is 0 Å². The van der Waals surface area contributed by atoms with Gasteiger partial charge in [0.15, 0.2) is 0 Å². The monoisotopic (exact) mass is 317 g/mol. The van der Waals surface area contributed by atoms with Crippen molar-refractivity contribution in [2.45, 2.75) is 32.8 Å². The Balaban J connectivity index is 2.98. The molecule has 0 aliphatic carbocycles. The van der Waals surface area contributed by atoms with Gasteiger partial charge in [0, 0.05) is 12.8 Å². The number of carbonyl (C=O) groups is 1. The molecule has 0 spiro atoms. The number of methoxy groups -OCH3 is 1. The fourth-order valence-corrected chi connectivity index (χ4v) is 1.89. The Hall–Kier alpha value is -0.940. The van der Waals surface area contributed by atoms with Crippen LogP contribution in [0.3, 0.4) is 0 Å². The zero-order valence-electron chi connectivity index (χ0n) is 10.9. The quantitative estimate of drug-likeness (QED) is 0.920. The lowest BCUT2D eigenvalue weighted by atomic mass is 10.0. The van der Waals surface area contributed by atoms with E-state index in [4.69, 9.17) is 4.74 Å². The molecule has 0 aliphatic rings. The van der Waals surface area contributed by atoms with Gasteiger partial charge in [-0.2, -0.15) is 0 Å². The van der Waals surface area contributed by atoms with Gasteiger partial charge < -0.3 is 10.1 Å². The molecule has 0 fully saturated rings. The number of aryl methyl sites for hydroxylation is 1. The van der Waals surface area contributed by atoms with Crippen molar-refractivity contribution >= 4 is 27.5 Å². The minimum atomic E-state index is -0.907. The summed E-state index contributed by atoms with van der Waals surface area (Å²) in [6, 6.07) is 2.92. The van der Waals surface area contributed by atoms with Gasteiger partial charge in [0.05, 0.1) is 4.47 Å². The Morgan fingerprint density at radius 1 is 1.56 bits per heavy atom. The van der Waals surface area contributed by atoms with Crippen LogP contribution in [0.1, 0.15) is 25.8 Å². The van der Waals surface area contributed by atoms with E-state index in [1.807, 2.05) is 6.92 Å². The van der Waals surface area contributed by atoms with Gasteiger partial charge in [-0.1, -0.05) is 6.92 Å². The van der Waals surface area contributed by atoms with E-state index >= 15 is 0 Å². The molecule has 1 amide bonds. The zero-order chi connectivity index (χ0) is 13.9. The van der Waals surface area contributed by atoms with Crippen molar-refractivity contribution in [2.24, 2.45) is 0 Å². The van der Waals surface area contributed by atoms with Crippen LogP contribution in [0, 0.1) is 12.7 Å².